The van der Waals surface area contributed by atoms with Crippen molar-refractivity contribution >= 4 is 17.3 Å². The number of nitrogens with zero attached hydrogens (tertiary/aromatic N) is 2. The predicted molar refractivity (Wildman–Crippen MR) is 108 cm³/mol. The van der Waals surface area contributed by atoms with Gasteiger partial charge in [0.15, 0.2) is 5.78 Å². The fourth-order valence-corrected chi connectivity index (χ4v) is 3.70. The minimum atomic E-state index is -0.640. The number of hydrogen-bond acceptors (Lipinski definition) is 5. The number of piperazine rings is 1. The topological polar surface area (TPSA) is 91.0 Å². The Morgan fingerprint density at radius 2 is 1.96 bits per heavy atom. The maximum atomic E-state index is 12.3. The van der Waals surface area contributed by atoms with E-state index in [1.807, 2.05) is 26.0 Å². The lowest BCUT2D eigenvalue weighted by Gasteiger charge is -2.28. The quantitative estimate of drug-likeness (QED) is 0.541. The average molecular weight is 370 g/mol. The lowest BCUT2D eigenvalue weighted by Crippen LogP contribution is -2.42. The van der Waals surface area contributed by atoms with Gasteiger partial charge in [-0.25, -0.2) is 4.99 Å². The number of hydrogen-bond donors (Lipinski definition) is 3. The minimum absolute atomic E-state index is 0.0761. The van der Waals surface area contributed by atoms with E-state index in [4.69, 9.17) is 5.73 Å². The van der Waals surface area contributed by atoms with Crippen molar-refractivity contribution in [2.45, 2.75) is 32.9 Å². The summed E-state index contributed by atoms with van der Waals surface area (Å²) in [4.78, 5) is 19.1. The molecule has 1 saturated heterocycles. The van der Waals surface area contributed by atoms with Gasteiger partial charge in [-0.05, 0) is 23.6 Å². The Hall–Kier alpha value is -2.02. The van der Waals surface area contributed by atoms with Crippen LogP contribution in [0.2, 0.25) is 0 Å². The largest absolute Gasteiger partial charge is 0.392 e. The number of aliphatic imine (C=N–C) groups is 1. The van der Waals surface area contributed by atoms with Gasteiger partial charge in [0.05, 0.1) is 17.4 Å². The van der Waals surface area contributed by atoms with Crippen LogP contribution in [-0.4, -0.2) is 53.9 Å². The smallest absolute Gasteiger partial charge is 0.168 e. The molecule has 0 saturated carbocycles. The Bertz CT molecular complexity index is 718. The molecule has 0 amide bonds. The summed E-state index contributed by atoms with van der Waals surface area (Å²) in [6.45, 7) is 9.18. The second-order valence-electron chi connectivity index (χ2n) is 7.79. The molecule has 1 aromatic carbocycles. The van der Waals surface area contributed by atoms with Crippen LogP contribution in [0.3, 0.4) is 0 Å². The van der Waals surface area contributed by atoms with Gasteiger partial charge in [-0.2, -0.15) is 0 Å². The van der Waals surface area contributed by atoms with Gasteiger partial charge >= 0.3 is 0 Å². The standard InChI is InChI=1S/C21H30N4O2/c1-14(2)17-11-18(20(27)12-19(17)26)21(22)24-16-5-3-15(4-6-16)13-25-9-7-23-8-10-25/h3-6,11,14,17,19,23,26H,7-10,12-13H2,1-2H3,(H2,22,24). The number of nitrogens with one attached hydrogen (secondary N) is 1. The summed E-state index contributed by atoms with van der Waals surface area (Å²) >= 11 is 0. The molecule has 0 aromatic heterocycles. The number of Topliss-reactive ketones (excluding diaryl/α,β-unsaturated/α-hetero) is 1. The molecule has 2 atom stereocenters. The molecule has 3 rings (SSSR count). The van der Waals surface area contributed by atoms with Gasteiger partial charge in [-0.15, -0.1) is 0 Å². The molecule has 0 spiro atoms. The molecule has 1 heterocycles. The molecule has 1 aliphatic heterocycles. The van der Waals surface area contributed by atoms with Crippen LogP contribution in [0.1, 0.15) is 25.8 Å². The Balaban J connectivity index is 1.71. The van der Waals surface area contributed by atoms with E-state index < -0.39 is 6.10 Å². The number of carbonyl (C=O) groups is 1. The van der Waals surface area contributed by atoms with Gasteiger partial charge in [0.25, 0.3) is 0 Å². The van der Waals surface area contributed by atoms with E-state index in [2.05, 4.69) is 27.3 Å². The first-order valence-corrected chi connectivity index (χ1v) is 9.73. The molecule has 6 heteroatoms. The molecule has 146 valence electrons. The maximum Gasteiger partial charge on any atom is 0.168 e. The molecule has 1 aromatic rings. The van der Waals surface area contributed by atoms with Gasteiger partial charge in [0.1, 0.15) is 5.84 Å². The summed E-state index contributed by atoms with van der Waals surface area (Å²) in [6.07, 6.45) is 1.26. The molecule has 0 radical (unpaired) electrons. The fourth-order valence-electron chi connectivity index (χ4n) is 3.70. The number of ketones is 1. The third-order valence-electron chi connectivity index (χ3n) is 5.35. The van der Waals surface area contributed by atoms with Crippen LogP contribution in [0.5, 0.6) is 0 Å². The van der Waals surface area contributed by atoms with E-state index in [9.17, 15) is 9.90 Å². The zero-order valence-corrected chi connectivity index (χ0v) is 16.2. The van der Waals surface area contributed by atoms with E-state index in [-0.39, 0.29) is 29.9 Å². The van der Waals surface area contributed by atoms with E-state index in [0.717, 1.165) is 38.4 Å². The maximum absolute atomic E-state index is 12.3. The molecule has 1 fully saturated rings. The molecular weight excluding hydrogens is 340 g/mol. The van der Waals surface area contributed by atoms with Crippen molar-refractivity contribution in [2.75, 3.05) is 26.2 Å². The lowest BCUT2D eigenvalue weighted by molar-refractivity contribution is -0.118. The summed E-state index contributed by atoms with van der Waals surface area (Å²) < 4.78 is 0. The number of aliphatic hydroxyl groups excluding tert-OH is 1. The average Bonchev–Trinajstić information content (AvgIpc) is 2.64. The molecule has 27 heavy (non-hydrogen) atoms. The van der Waals surface area contributed by atoms with Gasteiger partial charge in [-0.1, -0.05) is 32.1 Å². The highest BCUT2D eigenvalue weighted by Crippen LogP contribution is 2.27. The molecule has 6 nitrogen and oxygen atoms in total. The molecule has 1 aliphatic carbocycles. The van der Waals surface area contributed by atoms with Crippen molar-refractivity contribution in [3.8, 4) is 0 Å². The Kier molecular flexibility index (Phi) is 6.42. The van der Waals surface area contributed by atoms with E-state index >= 15 is 0 Å². The summed E-state index contributed by atoms with van der Waals surface area (Å²) in [6, 6.07) is 8.00. The first-order chi connectivity index (χ1) is 12.9. The van der Waals surface area contributed by atoms with Crippen LogP contribution in [-0.2, 0) is 11.3 Å². The third kappa shape index (κ3) is 5.03. The highest BCUT2D eigenvalue weighted by atomic mass is 16.3. The Morgan fingerprint density at radius 3 is 2.59 bits per heavy atom. The van der Waals surface area contributed by atoms with Crippen LogP contribution < -0.4 is 11.1 Å². The van der Waals surface area contributed by atoms with Gasteiger partial charge in [0, 0.05) is 45.1 Å². The molecule has 0 bridgehead atoms. The van der Waals surface area contributed by atoms with Crippen LogP contribution in [0.15, 0.2) is 40.9 Å². The van der Waals surface area contributed by atoms with Gasteiger partial charge in [-0.3, -0.25) is 9.69 Å². The first-order valence-electron chi connectivity index (χ1n) is 9.73. The van der Waals surface area contributed by atoms with Gasteiger partial charge in [0.2, 0.25) is 0 Å². The molecule has 2 aliphatic rings. The normalized spacial score (nSPS) is 25.0. The monoisotopic (exact) mass is 370 g/mol. The SMILES string of the molecule is CC(C)C1C=C(C(N)=Nc2ccc(CN3CCNCC3)cc2)C(=O)CC1O. The predicted octanol–water partition coefficient (Wildman–Crippen LogP) is 1.61. The van der Waals surface area contributed by atoms with Crippen molar-refractivity contribution in [2.24, 2.45) is 22.6 Å². The van der Waals surface area contributed by atoms with E-state index in [1.54, 1.807) is 6.08 Å². The minimum Gasteiger partial charge on any atom is -0.392 e. The van der Waals surface area contributed by atoms with Gasteiger partial charge < -0.3 is 16.2 Å². The number of aliphatic hydroxyl groups is 1. The first kappa shape index (κ1) is 19.7. The molecule has 2 unspecified atom stereocenters. The second-order valence-corrected chi connectivity index (χ2v) is 7.79. The summed E-state index contributed by atoms with van der Waals surface area (Å²) in [5.74, 6) is 0.247. The van der Waals surface area contributed by atoms with Crippen molar-refractivity contribution in [3.63, 3.8) is 0 Å². The highest BCUT2D eigenvalue weighted by molar-refractivity contribution is 6.22. The summed E-state index contributed by atoms with van der Waals surface area (Å²) in [7, 11) is 0. The van der Waals surface area contributed by atoms with Crippen LogP contribution >= 0.6 is 0 Å². The Morgan fingerprint density at radius 1 is 1.30 bits per heavy atom. The number of benzene rings is 1. The number of rotatable bonds is 5. The molecule has 4 N–H and O–H groups in total. The van der Waals surface area contributed by atoms with Crippen LogP contribution in [0.25, 0.3) is 0 Å². The van der Waals surface area contributed by atoms with Crippen LogP contribution in [0, 0.1) is 11.8 Å². The van der Waals surface area contributed by atoms with E-state index in [0.29, 0.717) is 5.57 Å². The van der Waals surface area contributed by atoms with E-state index in [1.165, 1.54) is 5.56 Å². The van der Waals surface area contributed by atoms with Crippen molar-refractivity contribution < 1.29 is 9.90 Å². The lowest BCUT2D eigenvalue weighted by atomic mass is 9.80. The summed E-state index contributed by atoms with van der Waals surface area (Å²) in [5, 5.41) is 13.5. The second kappa shape index (κ2) is 8.78. The van der Waals surface area contributed by atoms with Crippen molar-refractivity contribution in [3.05, 3.63) is 41.5 Å². The highest BCUT2D eigenvalue weighted by Gasteiger charge is 2.31. The number of nitrogens with two attached hydrogens (primary N) is 1. The Labute approximate surface area is 161 Å². The van der Waals surface area contributed by atoms with Crippen molar-refractivity contribution in [1.82, 2.24) is 10.2 Å². The van der Waals surface area contributed by atoms with Crippen LogP contribution in [0.4, 0.5) is 5.69 Å². The zero-order valence-electron chi connectivity index (χ0n) is 16.2. The third-order valence-corrected chi connectivity index (χ3v) is 5.35. The fraction of sp³-hybridized carbons (Fsp3) is 0.524. The van der Waals surface area contributed by atoms with Crippen molar-refractivity contribution in [1.29, 1.82) is 0 Å². The molecular formula is C21H30N4O2. The summed E-state index contributed by atoms with van der Waals surface area (Å²) in [5.41, 5.74) is 8.54. The number of carbonyl (C=O) groups excluding carboxylic acids is 1. The zero-order chi connectivity index (χ0) is 19.4. The number of amidine groups is 1.